The first-order valence-electron chi connectivity index (χ1n) is 6.75. The zero-order valence-corrected chi connectivity index (χ0v) is 14.7. The second-order valence-electron chi connectivity index (χ2n) is 5.12. The Morgan fingerprint density at radius 2 is 1.95 bits per heavy atom. The summed E-state index contributed by atoms with van der Waals surface area (Å²) in [5.74, 6) is 0. The predicted molar refractivity (Wildman–Crippen MR) is 84.6 cm³/mol. The summed E-state index contributed by atoms with van der Waals surface area (Å²) in [5, 5.41) is 0.0790. The van der Waals surface area contributed by atoms with Crippen LogP contribution in [0.1, 0.15) is 30.2 Å². The van der Waals surface area contributed by atoms with Crippen molar-refractivity contribution >= 4 is 27.6 Å². The standard InChI is InChI=1S/C14H23ClO2Si2/c1-17-19(3,18(2)16)12-8-7-11-14(15)13-9-5-4-6-10-13/h4-6,9-10,14H,7-8,11-12H2,1-3H3. The Morgan fingerprint density at radius 3 is 2.47 bits per heavy atom. The zero-order chi connectivity index (χ0) is 14.3. The lowest BCUT2D eigenvalue weighted by atomic mass is 10.1. The van der Waals surface area contributed by atoms with Crippen molar-refractivity contribution in [3.8, 4) is 0 Å². The van der Waals surface area contributed by atoms with Gasteiger partial charge in [0, 0.05) is 7.11 Å². The quantitative estimate of drug-likeness (QED) is 0.401. The van der Waals surface area contributed by atoms with E-state index < -0.39 is 16.0 Å². The fourth-order valence-electron chi connectivity index (χ4n) is 2.04. The molecule has 0 fully saturated rings. The van der Waals surface area contributed by atoms with Gasteiger partial charge in [-0.3, -0.25) is 0 Å². The summed E-state index contributed by atoms with van der Waals surface area (Å²) in [6.07, 6.45) is 3.07. The van der Waals surface area contributed by atoms with Crippen molar-refractivity contribution in [3.63, 3.8) is 0 Å². The van der Waals surface area contributed by atoms with Crippen LogP contribution in [0.15, 0.2) is 30.3 Å². The molecule has 0 spiro atoms. The lowest BCUT2D eigenvalue weighted by molar-refractivity contribution is 0.406. The Hall–Kier alpha value is -0.296. The van der Waals surface area contributed by atoms with E-state index >= 15 is 0 Å². The number of unbranched alkanes of at least 4 members (excludes halogenated alkanes) is 1. The lowest BCUT2D eigenvalue weighted by Crippen LogP contribution is -2.43. The molecule has 1 aromatic carbocycles. The molecule has 0 radical (unpaired) electrons. The van der Waals surface area contributed by atoms with Crippen LogP contribution < -0.4 is 0 Å². The average molecular weight is 315 g/mol. The Balaban J connectivity index is 2.33. The van der Waals surface area contributed by atoms with E-state index in [1.54, 1.807) is 7.11 Å². The number of benzene rings is 1. The minimum absolute atomic E-state index is 0.0790. The fourth-order valence-corrected chi connectivity index (χ4v) is 6.55. The molecule has 0 saturated heterocycles. The first-order valence-corrected chi connectivity index (χ1v) is 12.7. The number of halogens is 1. The average Bonchev–Trinajstić information content (AvgIpc) is 2.43. The SMILES string of the molecule is CO[Si](C)(CCCCC(Cl)c1ccccc1)[Si](C)=O. The summed E-state index contributed by atoms with van der Waals surface area (Å²) in [6.45, 7) is 3.90. The van der Waals surface area contributed by atoms with Crippen LogP contribution in [0, 0.1) is 0 Å². The molecular weight excluding hydrogens is 292 g/mol. The van der Waals surface area contributed by atoms with Crippen LogP contribution in [-0.4, -0.2) is 23.1 Å². The molecule has 0 aliphatic heterocycles. The smallest absolute Gasteiger partial charge is 0.286 e. The summed E-state index contributed by atoms with van der Waals surface area (Å²) in [4.78, 5) is 0. The molecule has 2 nitrogen and oxygen atoms in total. The normalized spacial score (nSPS) is 15.8. The van der Waals surface area contributed by atoms with Crippen LogP contribution in [0.4, 0.5) is 0 Å². The van der Waals surface area contributed by atoms with Crippen LogP contribution in [0.25, 0.3) is 0 Å². The highest BCUT2D eigenvalue weighted by Crippen LogP contribution is 2.27. The highest BCUT2D eigenvalue weighted by atomic mass is 35.5. The molecule has 1 rings (SSSR count). The molecule has 0 bridgehead atoms. The molecule has 106 valence electrons. The number of hydrogen-bond donors (Lipinski definition) is 0. The Kier molecular flexibility index (Phi) is 7.14. The first-order chi connectivity index (χ1) is 8.99. The second-order valence-corrected chi connectivity index (χ2v) is 15.4. The predicted octanol–water partition coefficient (Wildman–Crippen LogP) is 4.49. The fraction of sp³-hybridized carbons (Fsp3) is 0.571. The molecule has 0 N–H and O–H groups in total. The van der Waals surface area contributed by atoms with Crippen molar-refractivity contribution in [2.24, 2.45) is 0 Å². The van der Waals surface area contributed by atoms with Gasteiger partial charge in [0.05, 0.1) is 5.38 Å². The van der Waals surface area contributed by atoms with Crippen molar-refractivity contribution in [2.45, 2.75) is 43.8 Å². The molecule has 0 aliphatic carbocycles. The highest BCUT2D eigenvalue weighted by molar-refractivity contribution is 7.23. The van der Waals surface area contributed by atoms with Gasteiger partial charge in [-0.1, -0.05) is 43.2 Å². The topological polar surface area (TPSA) is 26.3 Å². The molecule has 2 unspecified atom stereocenters. The molecule has 2 atom stereocenters. The molecule has 0 aromatic heterocycles. The minimum atomic E-state index is -1.95. The minimum Gasteiger partial charge on any atom is -0.416 e. The van der Waals surface area contributed by atoms with Gasteiger partial charge in [0.15, 0.2) is 0 Å². The van der Waals surface area contributed by atoms with E-state index in [2.05, 4.69) is 18.7 Å². The summed E-state index contributed by atoms with van der Waals surface area (Å²) in [6, 6.07) is 11.1. The van der Waals surface area contributed by atoms with E-state index in [4.69, 9.17) is 16.0 Å². The summed E-state index contributed by atoms with van der Waals surface area (Å²) >= 11 is 6.38. The maximum atomic E-state index is 11.7. The molecule has 19 heavy (non-hydrogen) atoms. The molecule has 5 heteroatoms. The van der Waals surface area contributed by atoms with Crippen LogP contribution in [-0.2, 0) is 8.89 Å². The van der Waals surface area contributed by atoms with E-state index in [0.29, 0.717) is 0 Å². The van der Waals surface area contributed by atoms with Crippen LogP contribution in [0.2, 0.25) is 19.1 Å². The Bertz CT molecular complexity index is 400. The third kappa shape index (κ3) is 5.30. The van der Waals surface area contributed by atoms with Gasteiger partial charge in [0.25, 0.3) is 8.20 Å². The Morgan fingerprint density at radius 1 is 1.32 bits per heavy atom. The Labute approximate surface area is 123 Å². The van der Waals surface area contributed by atoms with Gasteiger partial charge in [-0.25, -0.2) is 0 Å². The monoisotopic (exact) mass is 314 g/mol. The van der Waals surface area contributed by atoms with Crippen molar-refractivity contribution in [1.29, 1.82) is 0 Å². The van der Waals surface area contributed by atoms with E-state index in [9.17, 15) is 4.46 Å². The van der Waals surface area contributed by atoms with Crippen molar-refractivity contribution in [2.75, 3.05) is 7.11 Å². The molecule has 0 amide bonds. The van der Waals surface area contributed by atoms with Gasteiger partial charge in [0.1, 0.15) is 0 Å². The van der Waals surface area contributed by atoms with Gasteiger partial charge in [-0.05, 0) is 31.1 Å². The van der Waals surface area contributed by atoms with Crippen molar-refractivity contribution in [3.05, 3.63) is 35.9 Å². The largest absolute Gasteiger partial charge is 0.416 e. The van der Waals surface area contributed by atoms with E-state index in [0.717, 1.165) is 25.3 Å². The van der Waals surface area contributed by atoms with E-state index in [1.165, 1.54) is 5.56 Å². The lowest BCUT2D eigenvalue weighted by Gasteiger charge is -2.21. The zero-order valence-electron chi connectivity index (χ0n) is 12.0. The first kappa shape index (κ1) is 16.8. The second kappa shape index (κ2) is 8.09. The van der Waals surface area contributed by atoms with Crippen LogP contribution in [0.5, 0.6) is 0 Å². The molecule has 1 aromatic rings. The van der Waals surface area contributed by atoms with Crippen LogP contribution >= 0.6 is 11.6 Å². The highest BCUT2D eigenvalue weighted by Gasteiger charge is 2.34. The van der Waals surface area contributed by atoms with Crippen molar-refractivity contribution < 1.29 is 8.89 Å². The van der Waals surface area contributed by atoms with Gasteiger partial charge in [-0.15, -0.1) is 11.6 Å². The molecule has 0 heterocycles. The third-order valence-corrected chi connectivity index (χ3v) is 13.7. The summed E-state index contributed by atoms with van der Waals surface area (Å²) < 4.78 is 17.3. The van der Waals surface area contributed by atoms with E-state index in [1.807, 2.05) is 24.7 Å². The van der Waals surface area contributed by atoms with E-state index in [-0.39, 0.29) is 5.38 Å². The summed E-state index contributed by atoms with van der Waals surface area (Å²) in [7, 11) is -1.79. The third-order valence-electron chi connectivity index (χ3n) is 3.72. The van der Waals surface area contributed by atoms with Crippen molar-refractivity contribution in [1.82, 2.24) is 0 Å². The van der Waals surface area contributed by atoms with Gasteiger partial charge >= 0.3 is 0 Å². The maximum absolute atomic E-state index is 11.7. The number of alkyl halides is 1. The van der Waals surface area contributed by atoms with Gasteiger partial charge in [-0.2, -0.15) is 0 Å². The number of rotatable bonds is 8. The van der Waals surface area contributed by atoms with Gasteiger partial charge in [0.2, 0.25) is 7.83 Å². The molecule has 0 aliphatic rings. The molecule has 0 saturated carbocycles. The van der Waals surface area contributed by atoms with Gasteiger partial charge < -0.3 is 8.89 Å². The number of hydrogen-bond acceptors (Lipinski definition) is 2. The maximum Gasteiger partial charge on any atom is 0.286 e. The summed E-state index contributed by atoms with van der Waals surface area (Å²) in [5.41, 5.74) is 1.18. The molecular formula is C14H23ClO2Si2. The van der Waals surface area contributed by atoms with Crippen LogP contribution in [0.3, 0.4) is 0 Å².